The SMILES string of the molecule is C=C1CC(C(=O)OC)(C(=O)OC)C[C@@H]1[C@@H](NS(=O)(=O)c1ccc(C)cc1)c1ccccc1. The Labute approximate surface area is 188 Å². The molecule has 0 radical (unpaired) electrons. The number of nitrogens with one attached hydrogen (secondary N) is 1. The molecule has 0 spiro atoms. The molecule has 32 heavy (non-hydrogen) atoms. The van der Waals surface area contributed by atoms with Crippen molar-refractivity contribution in [2.45, 2.75) is 30.7 Å². The average molecular weight is 458 g/mol. The van der Waals surface area contributed by atoms with E-state index in [2.05, 4.69) is 11.3 Å². The summed E-state index contributed by atoms with van der Waals surface area (Å²) >= 11 is 0. The van der Waals surface area contributed by atoms with E-state index in [9.17, 15) is 18.0 Å². The minimum Gasteiger partial charge on any atom is -0.468 e. The highest BCUT2D eigenvalue weighted by atomic mass is 32.2. The summed E-state index contributed by atoms with van der Waals surface area (Å²) in [7, 11) is -1.49. The highest BCUT2D eigenvalue weighted by molar-refractivity contribution is 7.89. The first-order valence-corrected chi connectivity index (χ1v) is 11.6. The van der Waals surface area contributed by atoms with Gasteiger partial charge in [-0.25, -0.2) is 13.1 Å². The van der Waals surface area contributed by atoms with E-state index in [-0.39, 0.29) is 17.7 Å². The third-order valence-electron chi connectivity index (χ3n) is 5.95. The maximum Gasteiger partial charge on any atom is 0.323 e. The Morgan fingerprint density at radius 1 is 1.03 bits per heavy atom. The van der Waals surface area contributed by atoms with Crippen molar-refractivity contribution in [3.8, 4) is 0 Å². The number of carbonyl (C=O) groups excluding carboxylic acids is 2. The van der Waals surface area contributed by atoms with Crippen LogP contribution in [0.25, 0.3) is 0 Å². The van der Waals surface area contributed by atoms with Crippen molar-refractivity contribution in [1.82, 2.24) is 4.72 Å². The Morgan fingerprint density at radius 2 is 1.59 bits per heavy atom. The smallest absolute Gasteiger partial charge is 0.323 e. The molecule has 2 atom stereocenters. The molecule has 2 aromatic carbocycles. The maximum atomic E-state index is 13.2. The standard InChI is InChI=1S/C24H27NO6S/c1-16-10-12-19(13-11-16)32(28,29)25-21(18-8-6-5-7-9-18)20-15-24(14-17(20)2,22(26)30-3)23(27)31-4/h5-13,20-21,25H,2,14-15H2,1,3-4H3/t20-,21-/m0/s1. The van der Waals surface area contributed by atoms with Crippen LogP contribution in [0.1, 0.15) is 30.0 Å². The van der Waals surface area contributed by atoms with Gasteiger partial charge in [0.1, 0.15) is 0 Å². The van der Waals surface area contributed by atoms with E-state index in [0.29, 0.717) is 11.1 Å². The van der Waals surface area contributed by atoms with Gasteiger partial charge in [0.05, 0.1) is 25.2 Å². The summed E-state index contributed by atoms with van der Waals surface area (Å²) < 4.78 is 39.0. The van der Waals surface area contributed by atoms with Crippen LogP contribution in [0, 0.1) is 18.3 Å². The van der Waals surface area contributed by atoms with E-state index >= 15 is 0 Å². The lowest BCUT2D eigenvalue weighted by molar-refractivity contribution is -0.168. The van der Waals surface area contributed by atoms with Crippen LogP contribution in [0.2, 0.25) is 0 Å². The van der Waals surface area contributed by atoms with Crippen LogP contribution in [0.4, 0.5) is 0 Å². The number of methoxy groups -OCH3 is 2. The van der Waals surface area contributed by atoms with E-state index in [4.69, 9.17) is 9.47 Å². The lowest BCUT2D eigenvalue weighted by Crippen LogP contribution is -2.40. The van der Waals surface area contributed by atoms with Crippen molar-refractivity contribution in [3.05, 3.63) is 77.9 Å². The van der Waals surface area contributed by atoms with Gasteiger partial charge in [0.25, 0.3) is 0 Å². The second-order valence-electron chi connectivity index (χ2n) is 8.03. The van der Waals surface area contributed by atoms with Crippen LogP contribution in [0.3, 0.4) is 0 Å². The lowest BCUT2D eigenvalue weighted by atomic mass is 9.83. The van der Waals surface area contributed by atoms with E-state index in [1.165, 1.54) is 26.4 Å². The lowest BCUT2D eigenvalue weighted by Gasteiger charge is -2.28. The van der Waals surface area contributed by atoms with E-state index in [1.807, 2.05) is 13.0 Å². The molecular weight excluding hydrogens is 430 g/mol. The Kier molecular flexibility index (Phi) is 6.85. The van der Waals surface area contributed by atoms with Gasteiger partial charge in [-0.15, -0.1) is 0 Å². The van der Waals surface area contributed by atoms with Gasteiger partial charge in [0.15, 0.2) is 5.41 Å². The number of hydrogen-bond donors (Lipinski definition) is 1. The van der Waals surface area contributed by atoms with E-state index in [1.54, 1.807) is 36.4 Å². The number of hydrogen-bond acceptors (Lipinski definition) is 6. The summed E-state index contributed by atoms with van der Waals surface area (Å²) in [6, 6.07) is 14.8. The monoisotopic (exact) mass is 457 g/mol. The molecule has 7 nitrogen and oxygen atoms in total. The van der Waals surface area contributed by atoms with Crippen molar-refractivity contribution < 1.29 is 27.5 Å². The first-order valence-electron chi connectivity index (χ1n) is 10.1. The minimum absolute atomic E-state index is 0.0150. The summed E-state index contributed by atoms with van der Waals surface area (Å²) in [6.45, 7) is 5.95. The van der Waals surface area contributed by atoms with Crippen molar-refractivity contribution in [3.63, 3.8) is 0 Å². The zero-order valence-corrected chi connectivity index (χ0v) is 19.1. The van der Waals surface area contributed by atoms with Gasteiger partial charge in [-0.1, -0.05) is 60.2 Å². The highest BCUT2D eigenvalue weighted by Gasteiger charge is 2.56. The second-order valence-corrected chi connectivity index (χ2v) is 9.75. The van der Waals surface area contributed by atoms with Crippen LogP contribution in [0.5, 0.6) is 0 Å². The van der Waals surface area contributed by atoms with E-state index in [0.717, 1.165) is 5.56 Å². The van der Waals surface area contributed by atoms with Gasteiger partial charge in [-0.3, -0.25) is 9.59 Å². The Morgan fingerprint density at radius 3 is 2.12 bits per heavy atom. The fourth-order valence-corrected chi connectivity index (χ4v) is 5.51. The molecule has 0 aliphatic heterocycles. The molecule has 170 valence electrons. The summed E-state index contributed by atoms with van der Waals surface area (Å²) in [4.78, 5) is 25.4. The Bertz CT molecular complexity index is 1090. The zero-order chi connectivity index (χ0) is 23.5. The summed E-state index contributed by atoms with van der Waals surface area (Å²) in [5.41, 5.74) is 0.642. The first kappa shape index (κ1) is 23.7. The molecule has 1 saturated carbocycles. The minimum atomic E-state index is -3.90. The largest absolute Gasteiger partial charge is 0.468 e. The van der Waals surface area contributed by atoms with Crippen LogP contribution in [-0.4, -0.2) is 34.6 Å². The molecule has 0 unspecified atom stereocenters. The normalized spacial score (nSPS) is 18.7. The van der Waals surface area contributed by atoms with Crippen LogP contribution >= 0.6 is 0 Å². The molecule has 1 aliphatic rings. The fourth-order valence-electron chi connectivity index (χ4n) is 4.24. The van der Waals surface area contributed by atoms with Gasteiger partial charge in [0.2, 0.25) is 10.0 Å². The number of ether oxygens (including phenoxy) is 2. The average Bonchev–Trinajstić information content (AvgIpc) is 3.15. The predicted molar refractivity (Wildman–Crippen MR) is 119 cm³/mol. The molecule has 0 bridgehead atoms. The Balaban J connectivity index is 2.03. The number of carbonyl (C=O) groups is 2. The first-order chi connectivity index (χ1) is 15.1. The van der Waals surface area contributed by atoms with Crippen molar-refractivity contribution in [2.75, 3.05) is 14.2 Å². The molecule has 1 N–H and O–H groups in total. The zero-order valence-electron chi connectivity index (χ0n) is 18.3. The van der Waals surface area contributed by atoms with Gasteiger partial charge in [0, 0.05) is 5.92 Å². The molecule has 3 rings (SSSR count). The molecule has 1 aliphatic carbocycles. The van der Waals surface area contributed by atoms with Crippen molar-refractivity contribution in [1.29, 1.82) is 0 Å². The highest BCUT2D eigenvalue weighted by Crippen LogP contribution is 2.51. The van der Waals surface area contributed by atoms with Crippen molar-refractivity contribution in [2.24, 2.45) is 11.3 Å². The van der Waals surface area contributed by atoms with Gasteiger partial charge in [-0.2, -0.15) is 0 Å². The number of rotatable bonds is 7. The van der Waals surface area contributed by atoms with E-state index < -0.39 is 39.3 Å². The van der Waals surface area contributed by atoms with Crippen molar-refractivity contribution >= 4 is 22.0 Å². The number of benzene rings is 2. The predicted octanol–water partition coefficient (Wildman–Crippen LogP) is 3.31. The number of aryl methyl sites for hydroxylation is 1. The molecular formula is C24H27NO6S. The van der Waals surface area contributed by atoms with Crippen LogP contribution < -0.4 is 4.72 Å². The number of esters is 2. The van der Waals surface area contributed by atoms with Gasteiger partial charge < -0.3 is 9.47 Å². The second kappa shape index (κ2) is 9.26. The maximum absolute atomic E-state index is 13.2. The van der Waals surface area contributed by atoms with Gasteiger partial charge in [-0.05, 0) is 37.5 Å². The summed E-state index contributed by atoms with van der Waals surface area (Å²) in [5, 5.41) is 0. The molecule has 0 amide bonds. The van der Waals surface area contributed by atoms with Crippen LogP contribution in [0.15, 0.2) is 71.6 Å². The summed E-state index contributed by atoms with van der Waals surface area (Å²) in [5.74, 6) is -1.97. The fraction of sp³-hybridized carbons (Fsp3) is 0.333. The quantitative estimate of drug-likeness (QED) is 0.389. The molecule has 0 saturated heterocycles. The molecule has 1 fully saturated rings. The third-order valence-corrected chi connectivity index (χ3v) is 7.41. The molecule has 2 aromatic rings. The number of sulfonamides is 1. The molecule has 8 heteroatoms. The molecule has 0 heterocycles. The van der Waals surface area contributed by atoms with Gasteiger partial charge >= 0.3 is 11.9 Å². The van der Waals surface area contributed by atoms with Crippen LogP contribution in [-0.2, 0) is 29.1 Å². The summed E-state index contributed by atoms with van der Waals surface area (Å²) in [6.07, 6.45) is 0.0355. The molecule has 0 aromatic heterocycles. The topological polar surface area (TPSA) is 98.8 Å². The Hall–Kier alpha value is -2.97. The third kappa shape index (κ3) is 4.47.